The standard InChI is InChI=1S/C25H33ClFN5O3.C4H4O4/c1-4-16(24(35)30-22-10-9-17(27)12-29-22)11-21(33)19(28)13-31-14-23(34)32(15-25(31,2)3)20-8-6-5-7-18(20)26;5-3(6)1-2-4(7)8/h5-10,12,16,19,21,33H,4,11,13-15,28H2,1-3H3,(H,29,30,35);1-2H,(H,5,6)(H,7,8)/b;2-1+/t16-,19+,21+;/m1./s1. The van der Waals surface area contributed by atoms with E-state index in [-0.39, 0.29) is 37.1 Å². The summed E-state index contributed by atoms with van der Waals surface area (Å²) in [5.41, 5.74) is 6.59. The number of hydrogen-bond donors (Lipinski definition) is 5. The summed E-state index contributed by atoms with van der Waals surface area (Å²) in [4.78, 5) is 52.2. The van der Waals surface area contributed by atoms with Crippen molar-refractivity contribution in [3.8, 4) is 0 Å². The average Bonchev–Trinajstić information content (AvgIpc) is 2.94. The van der Waals surface area contributed by atoms with Crippen LogP contribution in [0.25, 0.3) is 0 Å². The van der Waals surface area contributed by atoms with E-state index in [1.54, 1.807) is 11.0 Å². The van der Waals surface area contributed by atoms with Gasteiger partial charge in [-0.25, -0.2) is 19.0 Å². The number of rotatable bonds is 11. The van der Waals surface area contributed by atoms with Gasteiger partial charge in [-0.05, 0) is 51.0 Å². The van der Waals surface area contributed by atoms with Crippen LogP contribution in [-0.4, -0.2) is 86.3 Å². The quantitative estimate of drug-likeness (QED) is 0.234. The number of pyridine rings is 1. The predicted octanol–water partition coefficient (Wildman–Crippen LogP) is 2.76. The van der Waals surface area contributed by atoms with Crippen LogP contribution in [0, 0.1) is 11.7 Å². The van der Waals surface area contributed by atoms with Gasteiger partial charge >= 0.3 is 11.9 Å². The van der Waals surface area contributed by atoms with Crippen LogP contribution in [0.5, 0.6) is 0 Å². The monoisotopic (exact) mass is 621 g/mol. The van der Waals surface area contributed by atoms with Crippen LogP contribution >= 0.6 is 11.6 Å². The molecule has 0 bridgehead atoms. The molecule has 2 heterocycles. The number of aliphatic hydroxyl groups is 1. The Labute approximate surface area is 253 Å². The number of nitrogens with zero attached hydrogens (tertiary/aromatic N) is 3. The smallest absolute Gasteiger partial charge is 0.328 e. The van der Waals surface area contributed by atoms with Gasteiger partial charge in [-0.3, -0.25) is 14.5 Å². The van der Waals surface area contributed by atoms with E-state index in [4.69, 9.17) is 27.5 Å². The third-order valence-electron chi connectivity index (χ3n) is 6.83. The van der Waals surface area contributed by atoms with E-state index in [9.17, 15) is 28.7 Å². The molecule has 0 unspecified atom stereocenters. The van der Waals surface area contributed by atoms with Gasteiger partial charge in [-0.15, -0.1) is 0 Å². The molecule has 1 aromatic carbocycles. The molecule has 3 atom stereocenters. The summed E-state index contributed by atoms with van der Waals surface area (Å²) in [6.07, 6.45) is 1.82. The van der Waals surface area contributed by atoms with Gasteiger partial charge in [-0.1, -0.05) is 30.7 Å². The van der Waals surface area contributed by atoms with Crippen LogP contribution in [0.2, 0.25) is 5.02 Å². The highest BCUT2D eigenvalue weighted by Gasteiger charge is 2.40. The fourth-order valence-corrected chi connectivity index (χ4v) is 4.60. The number of halogens is 2. The summed E-state index contributed by atoms with van der Waals surface area (Å²) in [6, 6.07) is 9.15. The highest BCUT2D eigenvalue weighted by molar-refractivity contribution is 6.33. The van der Waals surface area contributed by atoms with Crippen molar-refractivity contribution in [1.82, 2.24) is 9.88 Å². The number of aliphatic hydroxyl groups excluding tert-OH is 1. The summed E-state index contributed by atoms with van der Waals surface area (Å²) in [7, 11) is 0. The molecule has 12 nitrogen and oxygen atoms in total. The predicted molar refractivity (Wildman–Crippen MR) is 159 cm³/mol. The van der Waals surface area contributed by atoms with Crippen LogP contribution in [-0.2, 0) is 19.2 Å². The first kappa shape index (κ1) is 35.3. The summed E-state index contributed by atoms with van der Waals surface area (Å²) in [5, 5.41) is 29.6. The maximum atomic E-state index is 13.1. The van der Waals surface area contributed by atoms with E-state index >= 15 is 0 Å². The van der Waals surface area contributed by atoms with Crippen LogP contribution in [0.4, 0.5) is 15.9 Å². The molecule has 0 radical (unpaired) electrons. The Morgan fingerprint density at radius 2 is 1.79 bits per heavy atom. The number of aromatic nitrogens is 1. The molecule has 2 amide bonds. The summed E-state index contributed by atoms with van der Waals surface area (Å²) in [6.45, 7) is 6.71. The molecule has 1 aromatic heterocycles. The molecule has 1 aliphatic rings. The van der Waals surface area contributed by atoms with Gasteiger partial charge in [-0.2, -0.15) is 0 Å². The summed E-state index contributed by atoms with van der Waals surface area (Å²) in [5.74, 6) is -3.69. The summed E-state index contributed by atoms with van der Waals surface area (Å²) < 4.78 is 13.1. The fourth-order valence-electron chi connectivity index (χ4n) is 4.36. The van der Waals surface area contributed by atoms with Crippen molar-refractivity contribution in [1.29, 1.82) is 0 Å². The van der Waals surface area contributed by atoms with Gasteiger partial charge in [0.05, 0.1) is 29.6 Å². The van der Waals surface area contributed by atoms with Crippen LogP contribution in [0.1, 0.15) is 33.6 Å². The zero-order valence-corrected chi connectivity index (χ0v) is 24.9. The first-order valence-electron chi connectivity index (χ1n) is 13.4. The number of anilines is 2. The lowest BCUT2D eigenvalue weighted by molar-refractivity contribution is -0.134. The Hall–Kier alpha value is -3.91. The summed E-state index contributed by atoms with van der Waals surface area (Å²) >= 11 is 6.31. The van der Waals surface area contributed by atoms with E-state index in [1.165, 1.54) is 12.1 Å². The largest absolute Gasteiger partial charge is 0.478 e. The Morgan fingerprint density at radius 3 is 2.33 bits per heavy atom. The number of nitrogens with one attached hydrogen (secondary N) is 1. The Balaban J connectivity index is 0.000000708. The number of carboxylic acid groups (broad SMARTS) is 2. The minimum atomic E-state index is -1.26. The van der Waals surface area contributed by atoms with Crippen LogP contribution in [0.15, 0.2) is 54.7 Å². The van der Waals surface area contributed by atoms with Crippen molar-refractivity contribution in [3.05, 3.63) is 65.6 Å². The molecular weight excluding hydrogens is 585 g/mol. The minimum Gasteiger partial charge on any atom is -0.478 e. The second kappa shape index (κ2) is 16.1. The fraction of sp³-hybridized carbons (Fsp3) is 0.414. The number of carbonyl (C=O) groups is 4. The highest BCUT2D eigenvalue weighted by Crippen LogP contribution is 2.31. The lowest BCUT2D eigenvalue weighted by Crippen LogP contribution is -2.64. The van der Waals surface area contributed by atoms with E-state index in [1.807, 2.05) is 43.9 Å². The second-order valence-corrected chi connectivity index (χ2v) is 11.0. The van der Waals surface area contributed by atoms with Crippen molar-refractivity contribution >= 4 is 46.9 Å². The Kier molecular flexibility index (Phi) is 13.2. The van der Waals surface area contributed by atoms with Crippen molar-refractivity contribution in [2.75, 3.05) is 29.9 Å². The molecule has 43 heavy (non-hydrogen) atoms. The van der Waals surface area contributed by atoms with Gasteiger partial charge in [0.15, 0.2) is 0 Å². The van der Waals surface area contributed by atoms with E-state index in [0.717, 1.165) is 6.20 Å². The van der Waals surface area contributed by atoms with E-state index < -0.39 is 41.4 Å². The topological polar surface area (TPSA) is 186 Å². The lowest BCUT2D eigenvalue weighted by atomic mass is 9.92. The maximum absolute atomic E-state index is 13.1. The molecule has 1 saturated heterocycles. The molecule has 2 aromatic rings. The SMILES string of the molecule is CC[C@H](C[C@H](O)[C@@H](N)CN1CC(=O)N(c2ccccc2Cl)CC1(C)C)C(=O)Nc1ccc(F)cn1.O=C(O)/C=C/C(=O)O. The number of para-hydroxylation sites is 1. The maximum Gasteiger partial charge on any atom is 0.328 e. The molecule has 0 saturated carbocycles. The zero-order chi connectivity index (χ0) is 32.3. The molecular formula is C29H37ClFN5O7. The number of nitrogens with two attached hydrogens (primary N) is 1. The first-order chi connectivity index (χ1) is 20.1. The van der Waals surface area contributed by atoms with Crippen molar-refractivity contribution in [2.45, 2.75) is 51.3 Å². The van der Waals surface area contributed by atoms with Gasteiger partial charge in [0.25, 0.3) is 0 Å². The second-order valence-electron chi connectivity index (χ2n) is 10.6. The molecule has 6 N–H and O–H groups in total. The lowest BCUT2D eigenvalue weighted by Gasteiger charge is -2.47. The number of hydrogen-bond acceptors (Lipinski definition) is 8. The zero-order valence-electron chi connectivity index (χ0n) is 24.1. The highest BCUT2D eigenvalue weighted by atomic mass is 35.5. The number of piperazine rings is 1. The van der Waals surface area contributed by atoms with Crippen LogP contribution < -0.4 is 16.0 Å². The van der Waals surface area contributed by atoms with Crippen molar-refractivity contribution < 1.29 is 38.9 Å². The Morgan fingerprint density at radius 1 is 1.16 bits per heavy atom. The van der Waals surface area contributed by atoms with Crippen LogP contribution in [0.3, 0.4) is 0 Å². The normalized spacial score (nSPS) is 17.0. The average molecular weight is 622 g/mol. The molecule has 1 fully saturated rings. The molecule has 1 aliphatic heterocycles. The number of benzene rings is 1. The van der Waals surface area contributed by atoms with Crippen molar-refractivity contribution in [3.63, 3.8) is 0 Å². The third kappa shape index (κ3) is 11.0. The number of carboxylic acids is 2. The first-order valence-corrected chi connectivity index (χ1v) is 13.8. The molecule has 0 spiro atoms. The number of aliphatic carboxylic acids is 2. The van der Waals surface area contributed by atoms with E-state index in [2.05, 4.69) is 10.3 Å². The van der Waals surface area contributed by atoms with Gasteiger partial charge in [0, 0.05) is 42.7 Å². The van der Waals surface area contributed by atoms with Gasteiger partial charge in [0.1, 0.15) is 11.6 Å². The van der Waals surface area contributed by atoms with E-state index in [0.29, 0.717) is 35.8 Å². The van der Waals surface area contributed by atoms with Gasteiger partial charge < -0.3 is 31.3 Å². The number of carbonyl (C=O) groups excluding carboxylic acids is 2. The van der Waals surface area contributed by atoms with Crippen molar-refractivity contribution in [2.24, 2.45) is 11.7 Å². The number of amides is 2. The minimum absolute atomic E-state index is 0.100. The molecule has 0 aliphatic carbocycles. The molecule has 14 heteroatoms. The Bertz CT molecular complexity index is 1290. The molecule has 234 valence electrons. The molecule has 3 rings (SSSR count). The third-order valence-corrected chi connectivity index (χ3v) is 7.15. The van der Waals surface area contributed by atoms with Gasteiger partial charge in [0.2, 0.25) is 11.8 Å².